The van der Waals surface area contributed by atoms with Gasteiger partial charge in [0.15, 0.2) is 0 Å². The van der Waals surface area contributed by atoms with Gasteiger partial charge in [0.2, 0.25) is 11.8 Å². The number of carbonyl (C=O) groups is 3. The molecule has 180 valence electrons. The SMILES string of the molecule is O=C(O)c1cc(N2C(=O)[C@H]3C4c5ccccc5C(c5ccccc54)[C@@H]3C2=O)ccc1N1CCOCC1. The molecule has 2 saturated heterocycles. The van der Waals surface area contributed by atoms with Crippen LogP contribution in [0, 0.1) is 11.8 Å². The van der Waals surface area contributed by atoms with E-state index in [2.05, 4.69) is 24.3 Å². The summed E-state index contributed by atoms with van der Waals surface area (Å²) in [4.78, 5) is 43.3. The molecular formula is C29H24N2O5. The maximum Gasteiger partial charge on any atom is 0.337 e. The molecule has 0 unspecified atom stereocenters. The second-order valence-electron chi connectivity index (χ2n) is 9.88. The Morgan fingerprint density at radius 1 is 0.778 bits per heavy atom. The smallest absolute Gasteiger partial charge is 0.337 e. The number of aromatic carboxylic acids is 1. The van der Waals surface area contributed by atoms with Crippen LogP contribution < -0.4 is 9.80 Å². The molecular weight excluding hydrogens is 456 g/mol. The number of nitrogens with zero attached hydrogens (tertiary/aromatic N) is 2. The Bertz CT molecular complexity index is 1330. The summed E-state index contributed by atoms with van der Waals surface area (Å²) >= 11 is 0. The summed E-state index contributed by atoms with van der Waals surface area (Å²) in [6, 6.07) is 21.1. The lowest BCUT2D eigenvalue weighted by Gasteiger charge is -2.45. The summed E-state index contributed by atoms with van der Waals surface area (Å²) in [7, 11) is 0. The first-order valence-corrected chi connectivity index (χ1v) is 12.3. The van der Waals surface area contributed by atoms with E-state index in [1.165, 1.54) is 11.0 Å². The highest BCUT2D eigenvalue weighted by molar-refractivity contribution is 6.23. The zero-order valence-electron chi connectivity index (χ0n) is 19.5. The lowest BCUT2D eigenvalue weighted by atomic mass is 9.55. The van der Waals surface area contributed by atoms with Gasteiger partial charge in [-0.1, -0.05) is 48.5 Å². The molecule has 2 aliphatic heterocycles. The van der Waals surface area contributed by atoms with Gasteiger partial charge in [-0.15, -0.1) is 0 Å². The van der Waals surface area contributed by atoms with Gasteiger partial charge < -0.3 is 14.7 Å². The Morgan fingerprint density at radius 3 is 1.75 bits per heavy atom. The molecule has 0 aromatic heterocycles. The number of benzene rings is 3. The molecule has 3 aliphatic carbocycles. The summed E-state index contributed by atoms with van der Waals surface area (Å²) < 4.78 is 5.40. The number of morpholine rings is 1. The summed E-state index contributed by atoms with van der Waals surface area (Å²) in [5, 5.41) is 9.99. The van der Waals surface area contributed by atoms with E-state index in [9.17, 15) is 19.5 Å². The van der Waals surface area contributed by atoms with Crippen molar-refractivity contribution in [2.45, 2.75) is 11.8 Å². The summed E-state index contributed by atoms with van der Waals surface area (Å²) in [6.07, 6.45) is 0. The van der Waals surface area contributed by atoms with Crippen molar-refractivity contribution in [3.63, 3.8) is 0 Å². The van der Waals surface area contributed by atoms with Crippen LogP contribution >= 0.6 is 0 Å². The van der Waals surface area contributed by atoms with Gasteiger partial charge >= 0.3 is 5.97 Å². The fraction of sp³-hybridized carbons (Fsp3) is 0.276. The van der Waals surface area contributed by atoms with Crippen molar-refractivity contribution < 1.29 is 24.2 Å². The number of carbonyl (C=O) groups excluding carboxylic acids is 2. The number of ether oxygens (including phenoxy) is 1. The normalized spacial score (nSPS) is 26.0. The summed E-state index contributed by atoms with van der Waals surface area (Å²) in [5.41, 5.74) is 5.42. The van der Waals surface area contributed by atoms with Gasteiger partial charge in [0, 0.05) is 24.9 Å². The van der Waals surface area contributed by atoms with Crippen LogP contribution in [0.2, 0.25) is 0 Å². The van der Waals surface area contributed by atoms with Crippen LogP contribution in [-0.4, -0.2) is 49.2 Å². The molecule has 7 nitrogen and oxygen atoms in total. The molecule has 3 aromatic rings. The maximum absolute atomic E-state index is 14.0. The molecule has 2 atom stereocenters. The van der Waals surface area contributed by atoms with Crippen molar-refractivity contribution in [3.05, 3.63) is 94.5 Å². The van der Waals surface area contributed by atoms with Crippen LogP contribution in [0.15, 0.2) is 66.7 Å². The third-order valence-corrected chi connectivity index (χ3v) is 8.27. The quantitative estimate of drug-likeness (QED) is 0.577. The van der Waals surface area contributed by atoms with Crippen LogP contribution in [-0.2, 0) is 14.3 Å². The third-order valence-electron chi connectivity index (χ3n) is 8.27. The number of anilines is 2. The zero-order chi connectivity index (χ0) is 24.6. The van der Waals surface area contributed by atoms with Crippen molar-refractivity contribution in [1.29, 1.82) is 0 Å². The van der Waals surface area contributed by atoms with E-state index < -0.39 is 17.8 Å². The summed E-state index contributed by atoms with van der Waals surface area (Å²) in [5.74, 6) is -2.98. The van der Waals surface area contributed by atoms with E-state index in [4.69, 9.17) is 4.74 Å². The predicted molar refractivity (Wildman–Crippen MR) is 132 cm³/mol. The minimum Gasteiger partial charge on any atom is -0.478 e. The minimum atomic E-state index is -1.09. The first kappa shape index (κ1) is 21.3. The van der Waals surface area contributed by atoms with Crippen LogP contribution in [0.3, 0.4) is 0 Å². The van der Waals surface area contributed by atoms with E-state index in [1.807, 2.05) is 29.2 Å². The van der Waals surface area contributed by atoms with Gasteiger partial charge in [-0.25, -0.2) is 9.69 Å². The van der Waals surface area contributed by atoms with E-state index in [0.29, 0.717) is 37.7 Å². The number of imide groups is 1. The van der Waals surface area contributed by atoms with Crippen molar-refractivity contribution >= 4 is 29.2 Å². The van der Waals surface area contributed by atoms with Crippen molar-refractivity contribution in [1.82, 2.24) is 0 Å². The number of carboxylic acid groups (broad SMARTS) is 1. The first-order valence-electron chi connectivity index (χ1n) is 12.3. The lowest BCUT2D eigenvalue weighted by molar-refractivity contribution is -0.122. The molecule has 2 amide bonds. The molecule has 5 aliphatic rings. The highest BCUT2D eigenvalue weighted by atomic mass is 16.5. The molecule has 2 fully saturated rings. The van der Waals surface area contributed by atoms with Gasteiger partial charge in [-0.05, 0) is 40.5 Å². The number of rotatable bonds is 3. The number of carboxylic acids is 1. The number of hydrogen-bond acceptors (Lipinski definition) is 5. The van der Waals surface area contributed by atoms with Crippen LogP contribution in [0.5, 0.6) is 0 Å². The van der Waals surface area contributed by atoms with Crippen molar-refractivity contribution in [2.75, 3.05) is 36.1 Å². The monoisotopic (exact) mass is 480 g/mol. The average molecular weight is 481 g/mol. The highest BCUT2D eigenvalue weighted by Gasteiger charge is 2.61. The molecule has 36 heavy (non-hydrogen) atoms. The Balaban J connectivity index is 1.33. The topological polar surface area (TPSA) is 87.2 Å². The number of amides is 2. The molecule has 2 bridgehead atoms. The fourth-order valence-electron chi connectivity index (χ4n) is 6.85. The maximum atomic E-state index is 14.0. The van der Waals surface area contributed by atoms with E-state index in [-0.39, 0.29) is 29.2 Å². The molecule has 8 rings (SSSR count). The highest BCUT2D eigenvalue weighted by Crippen LogP contribution is 2.61. The van der Waals surface area contributed by atoms with Crippen LogP contribution in [0.25, 0.3) is 0 Å². The van der Waals surface area contributed by atoms with E-state index >= 15 is 0 Å². The third kappa shape index (κ3) is 2.80. The van der Waals surface area contributed by atoms with Gasteiger partial charge in [-0.2, -0.15) is 0 Å². The van der Waals surface area contributed by atoms with Gasteiger partial charge in [0.25, 0.3) is 0 Å². The Kier molecular flexibility index (Phi) is 4.60. The standard InChI is InChI=1S/C29H24N2O5/c32-27-25-23-17-5-1-2-6-18(17)24(20-8-4-3-7-19(20)23)26(25)28(33)31(27)16-9-10-22(21(15-16)29(34)35)30-11-13-36-14-12-30/h1-10,15,23-26H,11-14H2,(H,34,35)/t23?,24?,25-,26-/m0/s1. The second kappa shape index (κ2) is 7.77. The summed E-state index contributed by atoms with van der Waals surface area (Å²) in [6.45, 7) is 2.23. The van der Waals surface area contributed by atoms with E-state index in [0.717, 1.165) is 22.3 Å². The molecule has 7 heteroatoms. The van der Waals surface area contributed by atoms with Crippen molar-refractivity contribution in [3.8, 4) is 0 Å². The minimum absolute atomic E-state index is 0.0828. The first-order chi connectivity index (χ1) is 17.6. The fourth-order valence-corrected chi connectivity index (χ4v) is 6.85. The Labute approximate surface area is 207 Å². The lowest BCUT2D eigenvalue weighted by Crippen LogP contribution is -2.41. The number of hydrogen-bond donors (Lipinski definition) is 1. The molecule has 0 radical (unpaired) electrons. The van der Waals surface area contributed by atoms with Crippen LogP contribution in [0.1, 0.15) is 44.4 Å². The second-order valence-corrected chi connectivity index (χ2v) is 9.88. The average Bonchev–Trinajstić information content (AvgIpc) is 3.19. The van der Waals surface area contributed by atoms with Gasteiger partial charge in [0.1, 0.15) is 0 Å². The van der Waals surface area contributed by atoms with Crippen LogP contribution in [0.4, 0.5) is 11.4 Å². The van der Waals surface area contributed by atoms with Crippen molar-refractivity contribution in [2.24, 2.45) is 11.8 Å². The largest absolute Gasteiger partial charge is 0.478 e. The molecule has 0 saturated carbocycles. The molecule has 2 heterocycles. The zero-order valence-corrected chi connectivity index (χ0v) is 19.5. The van der Waals surface area contributed by atoms with Gasteiger partial charge in [-0.3, -0.25) is 9.59 Å². The van der Waals surface area contributed by atoms with E-state index in [1.54, 1.807) is 12.1 Å². The predicted octanol–water partition coefficient (Wildman–Crippen LogP) is 3.62. The Hall–Kier alpha value is -3.97. The molecule has 0 spiro atoms. The van der Waals surface area contributed by atoms with Gasteiger partial charge in [0.05, 0.1) is 42.0 Å². The molecule has 3 aromatic carbocycles. The molecule has 1 N–H and O–H groups in total. The Morgan fingerprint density at radius 2 is 1.28 bits per heavy atom.